The van der Waals surface area contributed by atoms with Crippen LogP contribution in [-0.4, -0.2) is 23.0 Å². The summed E-state index contributed by atoms with van der Waals surface area (Å²) in [6, 6.07) is 6.83. The summed E-state index contributed by atoms with van der Waals surface area (Å²) < 4.78 is 42.2. The quantitative estimate of drug-likeness (QED) is 0.788. The summed E-state index contributed by atoms with van der Waals surface area (Å²) in [5, 5.41) is 0. The van der Waals surface area contributed by atoms with Gasteiger partial charge < -0.3 is 0 Å². The number of benzene rings is 1. The summed E-state index contributed by atoms with van der Waals surface area (Å²) in [6.45, 7) is 3.39. The maximum absolute atomic E-state index is 13.1. The molecule has 0 aliphatic carbocycles. The fraction of sp³-hybridized carbons (Fsp3) is 0.125. The second kappa shape index (κ2) is 6.04. The van der Waals surface area contributed by atoms with Gasteiger partial charge in [0, 0.05) is 12.4 Å². The van der Waals surface area contributed by atoms with Crippen molar-refractivity contribution in [3.63, 3.8) is 0 Å². The van der Waals surface area contributed by atoms with E-state index >= 15 is 0 Å². The third kappa shape index (κ3) is 3.13. The van der Waals surface area contributed by atoms with Crippen LogP contribution in [0.1, 0.15) is 11.4 Å². The Morgan fingerprint density at radius 1 is 1.12 bits per heavy atom. The van der Waals surface area contributed by atoms with E-state index in [0.29, 0.717) is 17.1 Å². The molecule has 3 aromatic rings. The van der Waals surface area contributed by atoms with Gasteiger partial charge in [-0.05, 0) is 49.7 Å². The van der Waals surface area contributed by atoms with Gasteiger partial charge in [-0.2, -0.15) is 0 Å². The number of sulfonamides is 1. The van der Waals surface area contributed by atoms with Crippen LogP contribution in [0, 0.1) is 19.7 Å². The fourth-order valence-corrected chi connectivity index (χ4v) is 3.60. The number of imidazole rings is 1. The third-order valence-electron chi connectivity index (χ3n) is 3.50. The first kappa shape index (κ1) is 16.1. The molecule has 0 fully saturated rings. The summed E-state index contributed by atoms with van der Waals surface area (Å²) in [4.78, 5) is 8.37. The minimum Gasteiger partial charge on any atom is -0.288 e. The van der Waals surface area contributed by atoms with Gasteiger partial charge in [-0.15, -0.1) is 0 Å². The van der Waals surface area contributed by atoms with Crippen molar-refractivity contribution in [3.8, 4) is 5.82 Å². The van der Waals surface area contributed by atoms with Gasteiger partial charge in [0.1, 0.15) is 17.5 Å². The summed E-state index contributed by atoms with van der Waals surface area (Å²) >= 11 is 0. The lowest BCUT2D eigenvalue weighted by molar-refractivity contribution is 0.598. The molecule has 3 rings (SSSR count). The molecule has 1 N–H and O–H groups in total. The maximum Gasteiger partial charge on any atom is 0.262 e. The van der Waals surface area contributed by atoms with Crippen LogP contribution in [0.2, 0.25) is 0 Å². The highest BCUT2D eigenvalue weighted by Crippen LogP contribution is 2.20. The summed E-state index contributed by atoms with van der Waals surface area (Å²) in [7, 11) is -3.81. The SMILES string of the molecule is Cc1cc(F)ccc1S(=O)(=O)Nc1ccc(-n2ccnc2C)nc1. The first-order chi connectivity index (χ1) is 11.4. The number of halogens is 1. The highest BCUT2D eigenvalue weighted by molar-refractivity contribution is 7.92. The van der Waals surface area contributed by atoms with E-state index in [1.165, 1.54) is 18.3 Å². The van der Waals surface area contributed by atoms with Gasteiger partial charge >= 0.3 is 0 Å². The summed E-state index contributed by atoms with van der Waals surface area (Å²) in [6.07, 6.45) is 4.85. The number of nitrogens with one attached hydrogen (secondary N) is 1. The van der Waals surface area contributed by atoms with E-state index in [0.717, 1.165) is 11.9 Å². The van der Waals surface area contributed by atoms with Crippen molar-refractivity contribution in [1.29, 1.82) is 0 Å². The van der Waals surface area contributed by atoms with Crippen molar-refractivity contribution in [1.82, 2.24) is 14.5 Å². The van der Waals surface area contributed by atoms with Gasteiger partial charge in [0.05, 0.1) is 16.8 Å². The van der Waals surface area contributed by atoms with E-state index in [2.05, 4.69) is 14.7 Å². The molecule has 124 valence electrons. The molecule has 24 heavy (non-hydrogen) atoms. The molecule has 1 aromatic carbocycles. The van der Waals surface area contributed by atoms with Crippen LogP contribution in [0.15, 0.2) is 53.8 Å². The highest BCUT2D eigenvalue weighted by Gasteiger charge is 2.17. The van der Waals surface area contributed by atoms with Gasteiger partial charge in [-0.1, -0.05) is 0 Å². The van der Waals surface area contributed by atoms with Crippen LogP contribution < -0.4 is 4.72 Å². The topological polar surface area (TPSA) is 76.9 Å². The molecule has 8 heteroatoms. The Labute approximate surface area is 139 Å². The van der Waals surface area contributed by atoms with Gasteiger partial charge in [0.25, 0.3) is 10.0 Å². The van der Waals surface area contributed by atoms with Gasteiger partial charge in [-0.3, -0.25) is 9.29 Å². The van der Waals surface area contributed by atoms with Crippen LogP contribution in [0.25, 0.3) is 5.82 Å². The predicted molar refractivity (Wildman–Crippen MR) is 88.0 cm³/mol. The molecule has 6 nitrogen and oxygen atoms in total. The van der Waals surface area contributed by atoms with E-state index in [1.54, 1.807) is 36.0 Å². The number of anilines is 1. The van der Waals surface area contributed by atoms with Crippen molar-refractivity contribution >= 4 is 15.7 Å². The van der Waals surface area contributed by atoms with Gasteiger partial charge in [0.15, 0.2) is 0 Å². The number of nitrogens with zero attached hydrogens (tertiary/aromatic N) is 3. The number of aromatic nitrogens is 3. The van der Waals surface area contributed by atoms with E-state index in [4.69, 9.17) is 0 Å². The Hall–Kier alpha value is -2.74. The highest BCUT2D eigenvalue weighted by atomic mass is 32.2. The van der Waals surface area contributed by atoms with Crippen LogP contribution in [-0.2, 0) is 10.0 Å². The molecule has 0 amide bonds. The molecule has 0 saturated carbocycles. The molecule has 2 aromatic heterocycles. The molecular weight excluding hydrogens is 331 g/mol. The van der Waals surface area contributed by atoms with E-state index in [-0.39, 0.29) is 4.90 Å². The van der Waals surface area contributed by atoms with Crippen molar-refractivity contribution in [2.75, 3.05) is 4.72 Å². The van der Waals surface area contributed by atoms with E-state index in [1.807, 2.05) is 6.92 Å². The second-order valence-electron chi connectivity index (χ2n) is 5.26. The van der Waals surface area contributed by atoms with Crippen LogP contribution in [0.4, 0.5) is 10.1 Å². The minimum absolute atomic E-state index is 0.0263. The van der Waals surface area contributed by atoms with Crippen LogP contribution in [0.3, 0.4) is 0 Å². The van der Waals surface area contributed by atoms with Gasteiger partial charge in [0.2, 0.25) is 0 Å². The van der Waals surface area contributed by atoms with Gasteiger partial charge in [-0.25, -0.2) is 22.8 Å². The molecule has 0 aliphatic heterocycles. The number of pyridine rings is 1. The van der Waals surface area contributed by atoms with E-state index < -0.39 is 15.8 Å². The monoisotopic (exact) mass is 346 g/mol. The van der Waals surface area contributed by atoms with Crippen molar-refractivity contribution in [3.05, 3.63) is 66.1 Å². The first-order valence-corrected chi connectivity index (χ1v) is 8.60. The Morgan fingerprint density at radius 2 is 1.92 bits per heavy atom. The fourth-order valence-electron chi connectivity index (χ4n) is 2.33. The maximum atomic E-state index is 13.1. The lowest BCUT2D eigenvalue weighted by Gasteiger charge is -2.11. The Kier molecular flexibility index (Phi) is 4.06. The molecule has 0 saturated heterocycles. The zero-order chi connectivity index (χ0) is 17.3. The number of hydrogen-bond acceptors (Lipinski definition) is 4. The Balaban J connectivity index is 1.86. The lowest BCUT2D eigenvalue weighted by atomic mass is 10.2. The van der Waals surface area contributed by atoms with Crippen molar-refractivity contribution in [2.45, 2.75) is 18.7 Å². The minimum atomic E-state index is -3.81. The normalized spacial score (nSPS) is 11.5. The predicted octanol–water partition coefficient (Wildman–Crippen LogP) is 2.82. The third-order valence-corrected chi connectivity index (χ3v) is 5.04. The number of aryl methyl sites for hydroxylation is 2. The standard InChI is InChI=1S/C16H15FN4O2S/c1-11-9-13(17)3-5-15(11)24(22,23)20-14-4-6-16(19-10-14)21-8-7-18-12(21)2/h3-10,20H,1-2H3. The number of hydrogen-bond donors (Lipinski definition) is 1. The second-order valence-corrected chi connectivity index (χ2v) is 6.92. The average Bonchev–Trinajstić information content (AvgIpc) is 2.93. The zero-order valence-electron chi connectivity index (χ0n) is 13.1. The van der Waals surface area contributed by atoms with Crippen molar-refractivity contribution in [2.24, 2.45) is 0 Å². The van der Waals surface area contributed by atoms with Crippen LogP contribution >= 0.6 is 0 Å². The van der Waals surface area contributed by atoms with E-state index in [9.17, 15) is 12.8 Å². The smallest absolute Gasteiger partial charge is 0.262 e. The van der Waals surface area contributed by atoms with Crippen LogP contribution in [0.5, 0.6) is 0 Å². The summed E-state index contributed by atoms with van der Waals surface area (Å²) in [5.74, 6) is 0.928. The lowest BCUT2D eigenvalue weighted by Crippen LogP contribution is -2.14. The zero-order valence-corrected chi connectivity index (χ0v) is 13.9. The first-order valence-electron chi connectivity index (χ1n) is 7.12. The molecule has 0 aliphatic rings. The van der Waals surface area contributed by atoms with Crippen molar-refractivity contribution < 1.29 is 12.8 Å². The molecule has 0 radical (unpaired) electrons. The molecule has 0 spiro atoms. The molecule has 0 bridgehead atoms. The molecular formula is C16H15FN4O2S. The molecule has 0 atom stereocenters. The Morgan fingerprint density at radius 3 is 2.50 bits per heavy atom. The average molecular weight is 346 g/mol. The summed E-state index contributed by atoms with van der Waals surface area (Å²) in [5.41, 5.74) is 0.654. The number of rotatable bonds is 4. The Bertz CT molecular complexity index is 982. The molecule has 2 heterocycles. The largest absolute Gasteiger partial charge is 0.288 e. The molecule has 0 unspecified atom stereocenters.